The van der Waals surface area contributed by atoms with Crippen molar-refractivity contribution in [3.63, 3.8) is 0 Å². The van der Waals surface area contributed by atoms with E-state index in [2.05, 4.69) is 4.98 Å². The van der Waals surface area contributed by atoms with Crippen LogP contribution in [0.5, 0.6) is 11.5 Å². The van der Waals surface area contributed by atoms with E-state index in [-0.39, 0.29) is 48.2 Å². The Morgan fingerprint density at radius 1 is 1.18 bits per heavy atom. The van der Waals surface area contributed by atoms with E-state index in [0.29, 0.717) is 61.3 Å². The number of carbonyl (C=O) groups excluding carboxylic acids is 1. The van der Waals surface area contributed by atoms with Gasteiger partial charge in [-0.15, -0.1) is 0 Å². The number of aromatic nitrogens is 2. The molecule has 1 aromatic heterocycles. The number of ether oxygens (including phenoxy) is 3. The van der Waals surface area contributed by atoms with E-state index >= 15 is 4.39 Å². The zero-order chi connectivity index (χ0) is 28.8. The van der Waals surface area contributed by atoms with E-state index in [1.165, 1.54) is 20.3 Å². The van der Waals surface area contributed by atoms with Crippen LogP contribution in [0.15, 0.2) is 41.5 Å². The molecule has 1 aliphatic rings. The van der Waals surface area contributed by atoms with E-state index in [0.717, 1.165) is 0 Å². The Labute approximate surface area is 232 Å². The lowest BCUT2D eigenvalue weighted by Gasteiger charge is -2.32. The second-order valence-electron chi connectivity index (χ2n) is 10.2. The van der Waals surface area contributed by atoms with Gasteiger partial charge in [0.1, 0.15) is 5.75 Å². The number of hydrogen-bond acceptors (Lipinski definition) is 8. The number of fused-ring (bicyclic) bond motifs is 1. The highest BCUT2D eigenvalue weighted by Crippen LogP contribution is 2.37. The van der Waals surface area contributed by atoms with Gasteiger partial charge in [0.25, 0.3) is 5.56 Å². The molecule has 10 nitrogen and oxygen atoms in total. The van der Waals surface area contributed by atoms with Gasteiger partial charge in [-0.1, -0.05) is 13.8 Å². The Kier molecular flexibility index (Phi) is 9.46. The fraction of sp³-hybridized carbons (Fsp3) is 0.483. The van der Waals surface area contributed by atoms with Gasteiger partial charge < -0.3 is 29.1 Å². The first kappa shape index (κ1) is 29.1. The maximum atomic E-state index is 15.4. The molecule has 3 aromatic rings. The van der Waals surface area contributed by atoms with E-state index in [4.69, 9.17) is 14.2 Å². The van der Waals surface area contributed by atoms with Crippen LogP contribution in [-0.2, 0) is 4.74 Å². The molecule has 2 heterocycles. The quantitative estimate of drug-likeness (QED) is 0.389. The highest BCUT2D eigenvalue weighted by atomic mass is 19.1. The van der Waals surface area contributed by atoms with Gasteiger partial charge in [0.2, 0.25) is 0 Å². The Morgan fingerprint density at radius 2 is 1.93 bits per heavy atom. The summed E-state index contributed by atoms with van der Waals surface area (Å²) in [7, 11) is 2.86. The molecule has 216 valence electrons. The van der Waals surface area contributed by atoms with Crippen molar-refractivity contribution < 1.29 is 28.5 Å². The molecule has 0 saturated carbocycles. The lowest BCUT2D eigenvalue weighted by molar-refractivity contribution is 0.0795. The largest absolute Gasteiger partial charge is 0.497 e. The third-order valence-electron chi connectivity index (χ3n) is 7.01. The molecule has 0 bridgehead atoms. The number of anilines is 2. The number of aliphatic hydroxyl groups is 1. The average molecular weight is 557 g/mol. The minimum Gasteiger partial charge on any atom is -0.497 e. The smallest absolute Gasteiger partial charge is 0.409 e. The van der Waals surface area contributed by atoms with Crippen LogP contribution < -0.4 is 19.9 Å². The molecule has 11 heteroatoms. The topological polar surface area (TPSA) is 106 Å². The van der Waals surface area contributed by atoms with Gasteiger partial charge in [-0.3, -0.25) is 9.36 Å². The first-order valence-electron chi connectivity index (χ1n) is 13.5. The third kappa shape index (κ3) is 6.30. The molecule has 4 rings (SSSR count). The summed E-state index contributed by atoms with van der Waals surface area (Å²) in [6.07, 6.45) is 2.79. The van der Waals surface area contributed by atoms with Crippen LogP contribution in [0.25, 0.3) is 10.9 Å². The minimum atomic E-state index is -0.580. The summed E-state index contributed by atoms with van der Waals surface area (Å²) in [5, 5.41) is 9.91. The molecule has 40 heavy (non-hydrogen) atoms. The van der Waals surface area contributed by atoms with Crippen LogP contribution >= 0.6 is 0 Å². The van der Waals surface area contributed by atoms with Crippen molar-refractivity contribution in [2.24, 2.45) is 5.92 Å². The molecule has 1 N–H and O–H groups in total. The van der Waals surface area contributed by atoms with E-state index in [9.17, 15) is 14.7 Å². The first-order chi connectivity index (χ1) is 19.3. The summed E-state index contributed by atoms with van der Waals surface area (Å²) in [6, 6.07) is 8.09. The molecule has 0 aliphatic carbocycles. The van der Waals surface area contributed by atoms with Gasteiger partial charge in [-0.25, -0.2) is 14.2 Å². The lowest BCUT2D eigenvalue weighted by atomic mass is 10.0. The van der Waals surface area contributed by atoms with Crippen molar-refractivity contribution in [1.29, 1.82) is 0 Å². The van der Waals surface area contributed by atoms with Gasteiger partial charge in [0.05, 0.1) is 43.7 Å². The molecular formula is C29H37FN4O6. The Hall–Kier alpha value is -3.86. The number of likely N-dealkylation sites (tertiary alicyclic amines) is 1. The zero-order valence-corrected chi connectivity index (χ0v) is 23.4. The molecule has 0 unspecified atom stereocenters. The molecule has 0 atom stereocenters. The van der Waals surface area contributed by atoms with Crippen LogP contribution in [-0.4, -0.2) is 72.7 Å². The SMILES string of the molecule is COc1cc(OC)c(F)c(N(CCCO)c2ccc3ncn(C4CCN(C(=O)OCC(C)C)CC4)c(=O)c3c2)c1. The molecule has 1 fully saturated rings. The molecule has 0 spiro atoms. The Balaban J connectivity index is 1.65. The maximum absolute atomic E-state index is 15.4. The van der Waals surface area contributed by atoms with Crippen LogP contribution in [0.4, 0.5) is 20.6 Å². The predicted molar refractivity (Wildman–Crippen MR) is 150 cm³/mol. The van der Waals surface area contributed by atoms with E-state index in [1.54, 1.807) is 45.0 Å². The number of rotatable bonds is 10. The average Bonchev–Trinajstić information content (AvgIpc) is 2.97. The summed E-state index contributed by atoms with van der Waals surface area (Å²) in [6.45, 7) is 5.51. The Morgan fingerprint density at radius 3 is 2.58 bits per heavy atom. The Bertz CT molecular complexity index is 1390. The van der Waals surface area contributed by atoms with Gasteiger partial charge >= 0.3 is 6.09 Å². The van der Waals surface area contributed by atoms with Gasteiger partial charge in [-0.2, -0.15) is 0 Å². The number of methoxy groups -OCH3 is 2. The van der Waals surface area contributed by atoms with Crippen molar-refractivity contribution in [2.75, 3.05) is 52.0 Å². The van der Waals surface area contributed by atoms with Crippen molar-refractivity contribution in [1.82, 2.24) is 14.5 Å². The molecule has 1 amide bonds. The number of halogens is 1. The van der Waals surface area contributed by atoms with Gasteiger partial charge in [0.15, 0.2) is 11.6 Å². The van der Waals surface area contributed by atoms with Crippen LogP contribution in [0.2, 0.25) is 0 Å². The predicted octanol–water partition coefficient (Wildman–Crippen LogP) is 4.50. The number of aliphatic hydroxyl groups excluding tert-OH is 1. The standard InChI is InChI=1S/C29H37FN4O6/c1-19(2)17-40-29(37)32-11-8-20(9-12-32)34-18-31-24-7-6-21(14-23(24)28(34)36)33(10-5-13-35)25-15-22(38-3)16-26(39-4)27(25)30/h6-7,14-16,18-20,35H,5,8-13,17H2,1-4H3. The number of carbonyl (C=O) groups is 1. The van der Waals surface area contributed by atoms with E-state index in [1.807, 2.05) is 13.8 Å². The normalized spacial score (nSPS) is 14.0. The molecular weight excluding hydrogens is 519 g/mol. The molecule has 1 aliphatic heterocycles. The molecule has 0 radical (unpaired) electrons. The minimum absolute atomic E-state index is 0.0209. The fourth-order valence-electron chi connectivity index (χ4n) is 4.85. The van der Waals surface area contributed by atoms with Gasteiger partial charge in [-0.05, 0) is 43.4 Å². The maximum Gasteiger partial charge on any atom is 0.409 e. The molecule has 1 saturated heterocycles. The number of nitrogens with zero attached hydrogens (tertiary/aromatic N) is 4. The summed E-state index contributed by atoms with van der Waals surface area (Å²) >= 11 is 0. The van der Waals surface area contributed by atoms with Crippen molar-refractivity contribution in [2.45, 2.75) is 39.2 Å². The zero-order valence-electron chi connectivity index (χ0n) is 23.4. The summed E-state index contributed by atoms with van der Waals surface area (Å²) in [5.74, 6) is 0.110. The number of benzene rings is 2. The summed E-state index contributed by atoms with van der Waals surface area (Å²) in [4.78, 5) is 33.9. The van der Waals surface area contributed by atoms with Gasteiger partial charge in [0, 0.05) is 50.1 Å². The first-order valence-corrected chi connectivity index (χ1v) is 13.5. The summed E-state index contributed by atoms with van der Waals surface area (Å²) in [5.41, 5.74) is 1.07. The van der Waals surface area contributed by atoms with E-state index < -0.39 is 5.82 Å². The highest BCUT2D eigenvalue weighted by molar-refractivity contribution is 5.83. The fourth-order valence-corrected chi connectivity index (χ4v) is 4.85. The van der Waals surface area contributed by atoms with Crippen molar-refractivity contribution >= 4 is 28.4 Å². The molecule has 2 aromatic carbocycles. The van der Waals surface area contributed by atoms with Crippen LogP contribution in [0.1, 0.15) is 39.2 Å². The van der Waals surface area contributed by atoms with Crippen LogP contribution in [0, 0.1) is 11.7 Å². The highest BCUT2D eigenvalue weighted by Gasteiger charge is 2.26. The second kappa shape index (κ2) is 13.0. The van der Waals surface area contributed by atoms with Crippen molar-refractivity contribution in [3.8, 4) is 11.5 Å². The lowest BCUT2D eigenvalue weighted by Crippen LogP contribution is -2.41. The monoisotopic (exact) mass is 556 g/mol. The number of amides is 1. The second-order valence-corrected chi connectivity index (χ2v) is 10.2. The number of piperidine rings is 1. The van der Waals surface area contributed by atoms with Crippen molar-refractivity contribution in [3.05, 3.63) is 52.8 Å². The summed E-state index contributed by atoms with van der Waals surface area (Å²) < 4.78 is 32.9. The number of hydrogen-bond donors (Lipinski definition) is 1. The third-order valence-corrected chi connectivity index (χ3v) is 7.01. The van der Waals surface area contributed by atoms with Crippen LogP contribution in [0.3, 0.4) is 0 Å².